The van der Waals surface area contributed by atoms with E-state index in [1.807, 2.05) is 0 Å². The third kappa shape index (κ3) is 1.48. The van der Waals surface area contributed by atoms with Gasteiger partial charge in [0.25, 0.3) is 0 Å². The van der Waals surface area contributed by atoms with Crippen molar-refractivity contribution in [3.05, 3.63) is 35.5 Å². The van der Waals surface area contributed by atoms with E-state index in [1.54, 1.807) is 11.1 Å². The van der Waals surface area contributed by atoms with Crippen LogP contribution in [0, 0.1) is 23.7 Å². The highest BCUT2D eigenvalue weighted by molar-refractivity contribution is 5.39. The van der Waals surface area contributed by atoms with E-state index in [2.05, 4.69) is 24.3 Å². The van der Waals surface area contributed by atoms with E-state index < -0.39 is 0 Å². The molecule has 1 nitrogen and oxygen atoms in total. The van der Waals surface area contributed by atoms with E-state index in [0.717, 1.165) is 36.9 Å². The second-order valence-corrected chi connectivity index (χ2v) is 6.01. The summed E-state index contributed by atoms with van der Waals surface area (Å²) in [7, 11) is 0. The Hall–Kier alpha value is -0.820. The first-order valence-electron chi connectivity index (χ1n) is 7.09. The SMILES string of the molecule is C1=CC2=CC=C3C4COCC4CCC3C2CC1. The number of hydrogen-bond donors (Lipinski definition) is 0. The number of rotatable bonds is 0. The lowest BCUT2D eigenvalue weighted by atomic mass is 9.62. The first-order chi connectivity index (χ1) is 8.43. The van der Waals surface area contributed by atoms with Gasteiger partial charge in [-0.3, -0.25) is 0 Å². The average molecular weight is 228 g/mol. The number of fused-ring (bicyclic) bond motifs is 5. The summed E-state index contributed by atoms with van der Waals surface area (Å²) >= 11 is 0. The summed E-state index contributed by atoms with van der Waals surface area (Å²) in [5.74, 6) is 3.23. The van der Waals surface area contributed by atoms with Gasteiger partial charge in [-0.25, -0.2) is 0 Å². The van der Waals surface area contributed by atoms with Crippen LogP contribution >= 0.6 is 0 Å². The van der Waals surface area contributed by atoms with Gasteiger partial charge in [-0.1, -0.05) is 29.9 Å². The Balaban J connectivity index is 1.72. The smallest absolute Gasteiger partial charge is 0.0535 e. The van der Waals surface area contributed by atoms with Crippen molar-refractivity contribution in [1.29, 1.82) is 0 Å². The summed E-state index contributed by atoms with van der Waals surface area (Å²) in [6.07, 6.45) is 14.9. The van der Waals surface area contributed by atoms with Gasteiger partial charge < -0.3 is 4.74 Å². The Bertz CT molecular complexity index is 415. The van der Waals surface area contributed by atoms with Crippen LogP contribution in [0.4, 0.5) is 0 Å². The van der Waals surface area contributed by atoms with Crippen molar-refractivity contribution in [2.75, 3.05) is 13.2 Å². The normalized spacial score (nSPS) is 43.3. The predicted octanol–water partition coefficient (Wildman–Crippen LogP) is 3.49. The maximum Gasteiger partial charge on any atom is 0.0535 e. The molecule has 0 N–H and O–H groups in total. The van der Waals surface area contributed by atoms with Crippen molar-refractivity contribution in [3.63, 3.8) is 0 Å². The molecule has 0 radical (unpaired) electrons. The zero-order chi connectivity index (χ0) is 11.2. The summed E-state index contributed by atoms with van der Waals surface area (Å²) in [5.41, 5.74) is 3.31. The first kappa shape index (κ1) is 10.1. The second-order valence-electron chi connectivity index (χ2n) is 6.01. The molecule has 1 saturated carbocycles. The standard InChI is InChI=1S/C16H20O/c1-2-4-13-11(3-1)5-7-15-14(13)8-6-12-9-17-10-16(12)15/h1,3,5,7,12-14,16H,2,4,6,8-10H2. The maximum absolute atomic E-state index is 5.70. The molecule has 4 atom stereocenters. The van der Waals surface area contributed by atoms with E-state index in [9.17, 15) is 0 Å². The van der Waals surface area contributed by atoms with Gasteiger partial charge in [0.2, 0.25) is 0 Å². The van der Waals surface area contributed by atoms with Crippen molar-refractivity contribution in [2.45, 2.75) is 25.7 Å². The van der Waals surface area contributed by atoms with Crippen molar-refractivity contribution in [2.24, 2.45) is 23.7 Å². The Morgan fingerprint density at radius 2 is 1.94 bits per heavy atom. The molecule has 1 heteroatoms. The molecule has 4 unspecified atom stereocenters. The summed E-state index contributed by atoms with van der Waals surface area (Å²) in [4.78, 5) is 0. The van der Waals surface area contributed by atoms with Gasteiger partial charge in [0.1, 0.15) is 0 Å². The average Bonchev–Trinajstić information content (AvgIpc) is 2.86. The fraction of sp³-hybridized carbons (Fsp3) is 0.625. The van der Waals surface area contributed by atoms with Gasteiger partial charge in [-0.15, -0.1) is 0 Å². The zero-order valence-electron chi connectivity index (χ0n) is 10.3. The third-order valence-corrected chi connectivity index (χ3v) is 5.24. The minimum absolute atomic E-state index is 0.748. The third-order valence-electron chi connectivity index (χ3n) is 5.24. The van der Waals surface area contributed by atoms with E-state index >= 15 is 0 Å². The van der Waals surface area contributed by atoms with Crippen molar-refractivity contribution >= 4 is 0 Å². The molecule has 1 heterocycles. The molecule has 4 aliphatic rings. The van der Waals surface area contributed by atoms with Crippen LogP contribution in [0.1, 0.15) is 25.7 Å². The molecule has 4 rings (SSSR count). The topological polar surface area (TPSA) is 9.23 Å². The lowest BCUT2D eigenvalue weighted by molar-refractivity contribution is 0.182. The largest absolute Gasteiger partial charge is 0.381 e. The fourth-order valence-electron chi connectivity index (χ4n) is 4.36. The second kappa shape index (κ2) is 3.84. The molecule has 0 aromatic rings. The molecule has 1 aliphatic heterocycles. The Kier molecular flexibility index (Phi) is 2.29. The van der Waals surface area contributed by atoms with Crippen molar-refractivity contribution < 1.29 is 4.74 Å². The molecule has 0 amide bonds. The number of ether oxygens (including phenoxy) is 1. The molecule has 0 spiro atoms. The monoisotopic (exact) mass is 228 g/mol. The minimum Gasteiger partial charge on any atom is -0.381 e. The molecule has 0 bridgehead atoms. The Labute approximate surface area is 103 Å². The van der Waals surface area contributed by atoms with Crippen molar-refractivity contribution in [3.8, 4) is 0 Å². The van der Waals surface area contributed by atoms with Gasteiger partial charge >= 0.3 is 0 Å². The van der Waals surface area contributed by atoms with Gasteiger partial charge in [0.05, 0.1) is 13.2 Å². The molecule has 0 aromatic carbocycles. The molecule has 90 valence electrons. The quantitative estimate of drug-likeness (QED) is 0.616. The summed E-state index contributed by atoms with van der Waals surface area (Å²) < 4.78 is 5.70. The van der Waals surface area contributed by atoms with Crippen LogP contribution in [0.2, 0.25) is 0 Å². The van der Waals surface area contributed by atoms with Crippen LogP contribution in [0.5, 0.6) is 0 Å². The van der Waals surface area contributed by atoms with Gasteiger partial charge in [0, 0.05) is 5.92 Å². The summed E-state index contributed by atoms with van der Waals surface area (Å²) in [5, 5.41) is 0. The summed E-state index contributed by atoms with van der Waals surface area (Å²) in [6.45, 7) is 1.99. The van der Waals surface area contributed by atoms with Gasteiger partial charge in [-0.2, -0.15) is 0 Å². The van der Waals surface area contributed by atoms with Crippen LogP contribution in [-0.2, 0) is 4.74 Å². The molecule has 1 saturated heterocycles. The molecular formula is C16H20O. The van der Waals surface area contributed by atoms with E-state index in [0.29, 0.717) is 0 Å². The van der Waals surface area contributed by atoms with Crippen LogP contribution < -0.4 is 0 Å². The highest BCUT2D eigenvalue weighted by Crippen LogP contribution is 2.50. The lowest BCUT2D eigenvalue weighted by Gasteiger charge is -2.42. The molecular weight excluding hydrogens is 208 g/mol. The highest BCUT2D eigenvalue weighted by Gasteiger charge is 2.42. The number of allylic oxidation sites excluding steroid dienone is 5. The molecule has 2 fully saturated rings. The Morgan fingerprint density at radius 3 is 2.94 bits per heavy atom. The van der Waals surface area contributed by atoms with E-state index in [1.165, 1.54) is 25.7 Å². The molecule has 3 aliphatic carbocycles. The molecule has 17 heavy (non-hydrogen) atoms. The molecule has 0 aromatic heterocycles. The van der Waals surface area contributed by atoms with Crippen LogP contribution in [0.3, 0.4) is 0 Å². The fourth-order valence-corrected chi connectivity index (χ4v) is 4.36. The van der Waals surface area contributed by atoms with E-state index in [-0.39, 0.29) is 0 Å². The van der Waals surface area contributed by atoms with Crippen LogP contribution in [0.15, 0.2) is 35.5 Å². The summed E-state index contributed by atoms with van der Waals surface area (Å²) in [6, 6.07) is 0. The van der Waals surface area contributed by atoms with Gasteiger partial charge in [-0.05, 0) is 49.0 Å². The first-order valence-corrected chi connectivity index (χ1v) is 7.09. The van der Waals surface area contributed by atoms with E-state index in [4.69, 9.17) is 4.74 Å². The van der Waals surface area contributed by atoms with Crippen molar-refractivity contribution in [1.82, 2.24) is 0 Å². The predicted molar refractivity (Wildman–Crippen MR) is 68.6 cm³/mol. The number of hydrogen-bond acceptors (Lipinski definition) is 1. The highest BCUT2D eigenvalue weighted by atomic mass is 16.5. The Morgan fingerprint density at radius 1 is 0.941 bits per heavy atom. The van der Waals surface area contributed by atoms with Crippen LogP contribution in [0.25, 0.3) is 0 Å². The zero-order valence-corrected chi connectivity index (χ0v) is 10.3. The van der Waals surface area contributed by atoms with Gasteiger partial charge in [0.15, 0.2) is 0 Å². The van der Waals surface area contributed by atoms with Crippen LogP contribution in [-0.4, -0.2) is 13.2 Å². The maximum atomic E-state index is 5.70. The lowest BCUT2D eigenvalue weighted by Crippen LogP contribution is -2.33. The minimum atomic E-state index is 0.748.